The molecule has 0 bridgehead atoms. The summed E-state index contributed by atoms with van der Waals surface area (Å²) in [4.78, 5) is 35.7. The standard InChI is InChI=1S/C70H118NO8P/c1-6-8-10-12-14-16-18-20-22-24-25-26-27-28-29-30-31-32-33-34-35-36-37-38-39-40-41-42-43-44-45-47-49-51-53-55-57-59-61-63-70(73)79-68(67-78-80(74,75)77-65-64-71(3,4)5)66-76-69(72)62-60-58-56-54-52-50-48-46-23-21-19-17-15-13-11-9-7-2/h8,10,14,16,20,22,25-26,28-29,31-32,34-35,37-38,40-41,43-44,47,49,68H,6-7,9,11-13,15,17-19,21,23-24,27,30,33,36,39,42,45-46,48,50-67H2,1-5H3/p+1/b10-8-,16-14-,22-20-,26-25-,29-28-,32-31-,35-34-,38-37-,41-40-,44-43-,49-47-. The first-order chi connectivity index (χ1) is 39.0. The summed E-state index contributed by atoms with van der Waals surface area (Å²) in [5.41, 5.74) is 0. The maximum atomic E-state index is 12.8. The average molecular weight is 1130 g/mol. The molecule has 0 aromatic rings. The molecular weight excluding hydrogens is 1010 g/mol. The molecule has 0 rings (SSSR count). The van der Waals surface area contributed by atoms with E-state index in [4.69, 9.17) is 18.5 Å². The minimum Gasteiger partial charge on any atom is -0.462 e. The summed E-state index contributed by atoms with van der Waals surface area (Å²) in [6.07, 6.45) is 86.8. The van der Waals surface area contributed by atoms with Gasteiger partial charge in [0, 0.05) is 12.8 Å². The van der Waals surface area contributed by atoms with E-state index >= 15 is 0 Å². The quantitative estimate of drug-likeness (QED) is 0.0211. The van der Waals surface area contributed by atoms with Crippen LogP contribution in [-0.2, 0) is 32.7 Å². The number of quaternary nitrogens is 1. The Hall–Kier alpha value is -3.85. The Kier molecular flexibility index (Phi) is 56.9. The molecule has 0 aliphatic carbocycles. The van der Waals surface area contributed by atoms with Crippen molar-refractivity contribution in [3.05, 3.63) is 134 Å². The predicted molar refractivity (Wildman–Crippen MR) is 344 cm³/mol. The lowest BCUT2D eigenvalue weighted by molar-refractivity contribution is -0.870. The molecule has 80 heavy (non-hydrogen) atoms. The Labute approximate surface area is 491 Å². The number of phosphoric acid groups is 1. The van der Waals surface area contributed by atoms with Crippen LogP contribution in [-0.4, -0.2) is 74.9 Å². The van der Waals surface area contributed by atoms with Crippen LogP contribution in [0, 0.1) is 0 Å². The number of phosphoric ester groups is 1. The van der Waals surface area contributed by atoms with Crippen molar-refractivity contribution in [3.8, 4) is 0 Å². The van der Waals surface area contributed by atoms with E-state index in [-0.39, 0.29) is 32.0 Å². The predicted octanol–water partition coefficient (Wildman–Crippen LogP) is 20.5. The van der Waals surface area contributed by atoms with Gasteiger partial charge in [-0.25, -0.2) is 4.57 Å². The minimum atomic E-state index is -4.40. The highest BCUT2D eigenvalue weighted by atomic mass is 31.2. The van der Waals surface area contributed by atoms with E-state index in [2.05, 4.69) is 148 Å². The molecule has 0 aliphatic heterocycles. The first-order valence-corrected chi connectivity index (χ1v) is 33.4. The summed E-state index contributed by atoms with van der Waals surface area (Å²) in [7, 11) is 1.45. The second-order valence-electron chi connectivity index (χ2n) is 22.1. The number of allylic oxidation sites excluding steroid dienone is 22. The number of hydrogen-bond donors (Lipinski definition) is 1. The first-order valence-electron chi connectivity index (χ1n) is 31.9. The molecule has 0 fully saturated rings. The lowest BCUT2D eigenvalue weighted by atomic mass is 10.0. The second-order valence-corrected chi connectivity index (χ2v) is 23.5. The summed E-state index contributed by atoms with van der Waals surface area (Å²) in [6, 6.07) is 0. The van der Waals surface area contributed by atoms with Gasteiger partial charge in [-0.05, 0) is 96.3 Å². The largest absolute Gasteiger partial charge is 0.472 e. The molecule has 2 atom stereocenters. The molecule has 10 heteroatoms. The first kappa shape index (κ1) is 76.1. The summed E-state index contributed by atoms with van der Waals surface area (Å²) < 4.78 is 34.6. The van der Waals surface area contributed by atoms with Crippen LogP contribution in [0.4, 0.5) is 0 Å². The molecule has 0 saturated heterocycles. The van der Waals surface area contributed by atoms with E-state index < -0.39 is 26.5 Å². The van der Waals surface area contributed by atoms with Gasteiger partial charge in [0.15, 0.2) is 6.10 Å². The van der Waals surface area contributed by atoms with Crippen LogP contribution < -0.4 is 0 Å². The molecule has 0 saturated carbocycles. The highest BCUT2D eigenvalue weighted by molar-refractivity contribution is 7.47. The Balaban J connectivity index is 4.17. The molecular formula is C70H119NO8P+. The number of carbonyl (C=O) groups excluding carboxylic acids is 2. The fourth-order valence-corrected chi connectivity index (χ4v) is 9.06. The van der Waals surface area contributed by atoms with Crippen molar-refractivity contribution in [3.63, 3.8) is 0 Å². The second kappa shape index (κ2) is 59.8. The van der Waals surface area contributed by atoms with Gasteiger partial charge in [-0.3, -0.25) is 18.6 Å². The number of unbranched alkanes of at least 4 members (excludes halogenated alkanes) is 21. The van der Waals surface area contributed by atoms with Crippen molar-refractivity contribution in [1.29, 1.82) is 0 Å². The van der Waals surface area contributed by atoms with Crippen molar-refractivity contribution >= 4 is 19.8 Å². The SMILES string of the molecule is CC/C=C\C/C=C\C/C=C\C/C=C\C/C=C\C/C=C\C/C=C\C/C=C\C/C=C\C/C=C\C/C=C\CCCCCCCC(=O)OC(COC(=O)CCCCCCCCCCCCCCCCCCC)COP(=O)(O)OCC[N+](C)(C)C. The zero-order valence-electron chi connectivity index (χ0n) is 51.8. The van der Waals surface area contributed by atoms with E-state index in [1.54, 1.807) is 0 Å². The van der Waals surface area contributed by atoms with Gasteiger partial charge in [0.2, 0.25) is 0 Å². The van der Waals surface area contributed by atoms with Gasteiger partial charge in [-0.1, -0.05) is 270 Å². The highest BCUT2D eigenvalue weighted by Gasteiger charge is 2.27. The van der Waals surface area contributed by atoms with Crippen LogP contribution in [0.5, 0.6) is 0 Å². The third-order valence-corrected chi connectivity index (χ3v) is 14.2. The third-order valence-electron chi connectivity index (χ3n) is 13.2. The number of rotatable bonds is 57. The molecule has 2 unspecified atom stereocenters. The van der Waals surface area contributed by atoms with Gasteiger partial charge in [0.25, 0.3) is 0 Å². The molecule has 0 spiro atoms. The van der Waals surface area contributed by atoms with Gasteiger partial charge in [-0.15, -0.1) is 0 Å². The maximum absolute atomic E-state index is 12.8. The van der Waals surface area contributed by atoms with Crippen LogP contribution in [0.2, 0.25) is 0 Å². The van der Waals surface area contributed by atoms with Crippen molar-refractivity contribution in [2.24, 2.45) is 0 Å². The summed E-state index contributed by atoms with van der Waals surface area (Å²) in [5.74, 6) is -0.821. The fraction of sp³-hybridized carbons (Fsp3) is 0.657. The van der Waals surface area contributed by atoms with E-state index in [0.29, 0.717) is 17.4 Å². The zero-order chi connectivity index (χ0) is 58.4. The fourth-order valence-electron chi connectivity index (χ4n) is 8.31. The Morgan fingerprint density at radius 1 is 0.400 bits per heavy atom. The number of likely N-dealkylation sites (N-methyl/N-ethyl adjacent to an activating group) is 1. The molecule has 0 aromatic heterocycles. The minimum absolute atomic E-state index is 0.0223. The van der Waals surface area contributed by atoms with Gasteiger partial charge >= 0.3 is 19.8 Å². The normalized spacial score (nSPS) is 14.1. The molecule has 0 heterocycles. The van der Waals surface area contributed by atoms with Crippen LogP contribution >= 0.6 is 7.82 Å². The maximum Gasteiger partial charge on any atom is 0.472 e. The lowest BCUT2D eigenvalue weighted by Crippen LogP contribution is -2.37. The zero-order valence-corrected chi connectivity index (χ0v) is 52.7. The number of carbonyl (C=O) groups is 2. The van der Waals surface area contributed by atoms with Crippen molar-refractivity contribution in [1.82, 2.24) is 0 Å². The topological polar surface area (TPSA) is 108 Å². The molecule has 0 aliphatic rings. The molecule has 456 valence electrons. The highest BCUT2D eigenvalue weighted by Crippen LogP contribution is 2.43. The van der Waals surface area contributed by atoms with Crippen molar-refractivity contribution in [2.75, 3.05) is 47.5 Å². The number of hydrogen-bond acceptors (Lipinski definition) is 7. The van der Waals surface area contributed by atoms with Gasteiger partial charge < -0.3 is 18.9 Å². The monoisotopic (exact) mass is 1130 g/mol. The molecule has 9 nitrogen and oxygen atoms in total. The number of ether oxygens (including phenoxy) is 2. The molecule has 0 radical (unpaired) electrons. The van der Waals surface area contributed by atoms with E-state index in [1.165, 1.54) is 89.9 Å². The smallest absolute Gasteiger partial charge is 0.462 e. The van der Waals surface area contributed by atoms with E-state index in [0.717, 1.165) is 122 Å². The number of nitrogens with zero attached hydrogens (tertiary/aromatic N) is 1. The molecule has 0 amide bonds. The van der Waals surface area contributed by atoms with Crippen LogP contribution in [0.25, 0.3) is 0 Å². The van der Waals surface area contributed by atoms with Crippen LogP contribution in [0.3, 0.4) is 0 Å². The Morgan fingerprint density at radius 3 is 1.06 bits per heavy atom. The van der Waals surface area contributed by atoms with Crippen LogP contribution in [0.15, 0.2) is 134 Å². The van der Waals surface area contributed by atoms with Crippen LogP contribution in [0.1, 0.15) is 245 Å². The summed E-state index contributed by atoms with van der Waals surface area (Å²) >= 11 is 0. The van der Waals surface area contributed by atoms with Gasteiger partial charge in [0.05, 0.1) is 27.7 Å². The van der Waals surface area contributed by atoms with Crippen molar-refractivity contribution < 1.29 is 42.1 Å². The van der Waals surface area contributed by atoms with Gasteiger partial charge in [-0.2, -0.15) is 0 Å². The Morgan fingerprint density at radius 2 is 0.713 bits per heavy atom. The Bertz CT molecular complexity index is 1810. The van der Waals surface area contributed by atoms with E-state index in [9.17, 15) is 19.0 Å². The summed E-state index contributed by atoms with van der Waals surface area (Å²) in [6.45, 7) is 4.30. The summed E-state index contributed by atoms with van der Waals surface area (Å²) in [5, 5.41) is 0. The van der Waals surface area contributed by atoms with Crippen molar-refractivity contribution in [2.45, 2.75) is 251 Å². The molecule has 1 N–H and O–H groups in total. The molecule has 0 aromatic carbocycles. The average Bonchev–Trinajstić information content (AvgIpc) is 3.42. The number of esters is 2. The van der Waals surface area contributed by atoms with E-state index in [1.807, 2.05) is 21.1 Å². The van der Waals surface area contributed by atoms with Gasteiger partial charge in [0.1, 0.15) is 19.8 Å². The third kappa shape index (κ3) is 63.3. The lowest BCUT2D eigenvalue weighted by Gasteiger charge is -2.24.